The van der Waals surface area contributed by atoms with Crippen LogP contribution in [0.4, 0.5) is 0 Å². The predicted molar refractivity (Wildman–Crippen MR) is 102 cm³/mol. The van der Waals surface area contributed by atoms with E-state index >= 15 is 0 Å². The van der Waals surface area contributed by atoms with Gasteiger partial charge in [-0.1, -0.05) is 19.9 Å². The average molecular weight is 379 g/mol. The van der Waals surface area contributed by atoms with E-state index < -0.39 is 5.92 Å². The first-order chi connectivity index (χ1) is 13.4. The molecule has 1 atom stereocenters. The number of hydrogen-bond acceptors (Lipinski definition) is 6. The molecule has 4 rings (SSSR count). The topological polar surface area (TPSA) is 99.5 Å². The maximum atomic E-state index is 13.4. The Labute approximate surface area is 162 Å². The molecule has 7 heteroatoms. The molecule has 7 nitrogen and oxygen atoms in total. The number of aromatic nitrogens is 1. The molecule has 0 saturated heterocycles. The summed E-state index contributed by atoms with van der Waals surface area (Å²) in [4.78, 5) is 13.4. The molecule has 28 heavy (non-hydrogen) atoms. The highest BCUT2D eigenvalue weighted by molar-refractivity contribution is 5.57. The SMILES string of the molecule is Cc1cc2c(c(=O)n1CC(C)C)C(c1ccc3c(c1)OCO3)C(C#N)=C(N)O2. The van der Waals surface area contributed by atoms with Crippen LogP contribution in [0.2, 0.25) is 0 Å². The Morgan fingerprint density at radius 2 is 2.00 bits per heavy atom. The fourth-order valence-electron chi connectivity index (χ4n) is 3.70. The van der Waals surface area contributed by atoms with Crippen molar-refractivity contribution in [2.24, 2.45) is 11.7 Å². The third-order valence-corrected chi connectivity index (χ3v) is 4.97. The summed E-state index contributed by atoms with van der Waals surface area (Å²) in [5, 5.41) is 9.74. The van der Waals surface area contributed by atoms with Gasteiger partial charge in [0, 0.05) is 18.3 Å². The molecule has 0 spiro atoms. The zero-order chi connectivity index (χ0) is 20.0. The first-order valence-corrected chi connectivity index (χ1v) is 9.12. The molecule has 1 aromatic carbocycles. The Bertz CT molecular complexity index is 1090. The van der Waals surface area contributed by atoms with Gasteiger partial charge in [0.15, 0.2) is 11.5 Å². The molecule has 0 saturated carbocycles. The molecule has 144 valence electrons. The van der Waals surface area contributed by atoms with E-state index in [2.05, 4.69) is 19.9 Å². The number of nitriles is 1. The third kappa shape index (κ3) is 2.78. The number of nitrogens with zero attached hydrogens (tertiary/aromatic N) is 2. The number of ether oxygens (including phenoxy) is 3. The van der Waals surface area contributed by atoms with E-state index in [0.717, 1.165) is 11.3 Å². The van der Waals surface area contributed by atoms with Crippen LogP contribution in [0, 0.1) is 24.2 Å². The van der Waals surface area contributed by atoms with Crippen LogP contribution in [0.15, 0.2) is 40.5 Å². The summed E-state index contributed by atoms with van der Waals surface area (Å²) in [5.74, 6) is 1.28. The number of allylic oxidation sites excluding steroid dienone is 1. The van der Waals surface area contributed by atoms with Gasteiger partial charge in [-0.05, 0) is 30.5 Å². The normalized spacial score (nSPS) is 17.3. The van der Waals surface area contributed by atoms with Crippen molar-refractivity contribution in [1.82, 2.24) is 4.57 Å². The third-order valence-electron chi connectivity index (χ3n) is 4.97. The van der Waals surface area contributed by atoms with Gasteiger partial charge in [-0.25, -0.2) is 0 Å². The monoisotopic (exact) mass is 379 g/mol. The molecule has 0 fully saturated rings. The fraction of sp³-hybridized carbons (Fsp3) is 0.333. The number of pyridine rings is 1. The molecular formula is C21H21N3O4. The maximum Gasteiger partial charge on any atom is 0.258 e. The quantitative estimate of drug-likeness (QED) is 0.880. The van der Waals surface area contributed by atoms with Crippen molar-refractivity contribution in [2.75, 3.05) is 6.79 Å². The Morgan fingerprint density at radius 3 is 2.71 bits per heavy atom. The zero-order valence-electron chi connectivity index (χ0n) is 16.0. The van der Waals surface area contributed by atoms with Crippen LogP contribution in [0.5, 0.6) is 17.2 Å². The van der Waals surface area contributed by atoms with Gasteiger partial charge >= 0.3 is 0 Å². The molecule has 1 unspecified atom stereocenters. The molecule has 2 aromatic rings. The Balaban J connectivity index is 1.96. The van der Waals surface area contributed by atoms with Gasteiger partial charge < -0.3 is 24.5 Å². The minimum absolute atomic E-state index is 0.0121. The van der Waals surface area contributed by atoms with Crippen molar-refractivity contribution in [3.8, 4) is 23.3 Å². The molecule has 0 bridgehead atoms. The summed E-state index contributed by atoms with van der Waals surface area (Å²) in [6.07, 6.45) is 0. The number of rotatable bonds is 3. The average Bonchev–Trinajstić information content (AvgIpc) is 3.11. The highest BCUT2D eigenvalue weighted by Crippen LogP contribution is 2.43. The number of benzene rings is 1. The molecule has 0 aliphatic carbocycles. The standard InChI is InChI=1S/C21H21N3O4/c1-11(2)9-24-12(3)6-17-19(21(24)25)18(14(8-22)20(23)28-17)13-4-5-15-16(7-13)27-10-26-15/h4-7,11,18H,9-10,23H2,1-3H3. The van der Waals surface area contributed by atoms with Crippen molar-refractivity contribution in [1.29, 1.82) is 5.26 Å². The lowest BCUT2D eigenvalue weighted by Crippen LogP contribution is -2.33. The van der Waals surface area contributed by atoms with Crippen molar-refractivity contribution in [3.05, 3.63) is 62.9 Å². The summed E-state index contributed by atoms with van der Waals surface area (Å²) in [6.45, 7) is 6.69. The zero-order valence-corrected chi connectivity index (χ0v) is 16.0. The van der Waals surface area contributed by atoms with Crippen molar-refractivity contribution < 1.29 is 14.2 Å². The van der Waals surface area contributed by atoms with E-state index in [1.54, 1.807) is 22.8 Å². The van der Waals surface area contributed by atoms with Gasteiger partial charge in [0.25, 0.3) is 5.56 Å². The molecule has 0 radical (unpaired) electrons. The number of aryl methyl sites for hydroxylation is 1. The Hall–Kier alpha value is -3.40. The van der Waals surface area contributed by atoms with Gasteiger partial charge in [-0.2, -0.15) is 5.26 Å². The van der Waals surface area contributed by atoms with Crippen LogP contribution in [0.25, 0.3) is 0 Å². The molecule has 2 aliphatic rings. The van der Waals surface area contributed by atoms with Gasteiger partial charge in [0.2, 0.25) is 12.7 Å². The highest BCUT2D eigenvalue weighted by atomic mass is 16.7. The summed E-state index contributed by atoms with van der Waals surface area (Å²) in [7, 11) is 0. The molecule has 0 amide bonds. The predicted octanol–water partition coefficient (Wildman–Crippen LogP) is 2.76. The highest BCUT2D eigenvalue weighted by Gasteiger charge is 2.35. The van der Waals surface area contributed by atoms with E-state index in [1.807, 2.05) is 13.0 Å². The first-order valence-electron chi connectivity index (χ1n) is 9.12. The Morgan fingerprint density at radius 1 is 1.25 bits per heavy atom. The second-order valence-electron chi connectivity index (χ2n) is 7.41. The fourth-order valence-corrected chi connectivity index (χ4v) is 3.70. The second-order valence-corrected chi connectivity index (χ2v) is 7.41. The maximum absolute atomic E-state index is 13.4. The van der Waals surface area contributed by atoms with Gasteiger partial charge in [0.1, 0.15) is 17.4 Å². The van der Waals surface area contributed by atoms with Crippen LogP contribution in [-0.2, 0) is 6.54 Å². The van der Waals surface area contributed by atoms with Gasteiger partial charge in [0.05, 0.1) is 11.5 Å². The summed E-state index contributed by atoms with van der Waals surface area (Å²) < 4.78 is 18.2. The van der Waals surface area contributed by atoms with E-state index in [1.165, 1.54) is 0 Å². The van der Waals surface area contributed by atoms with Crippen LogP contribution in [-0.4, -0.2) is 11.4 Å². The molecular weight excluding hydrogens is 358 g/mol. The van der Waals surface area contributed by atoms with E-state index in [-0.39, 0.29) is 23.8 Å². The largest absolute Gasteiger partial charge is 0.454 e. The molecule has 2 aliphatic heterocycles. The number of fused-ring (bicyclic) bond motifs is 2. The second kappa shape index (κ2) is 6.64. The van der Waals surface area contributed by atoms with Crippen molar-refractivity contribution >= 4 is 0 Å². The number of nitrogens with two attached hydrogens (primary N) is 1. The van der Waals surface area contributed by atoms with Gasteiger partial charge in [-0.15, -0.1) is 0 Å². The summed E-state index contributed by atoms with van der Waals surface area (Å²) in [6, 6.07) is 9.32. The lowest BCUT2D eigenvalue weighted by atomic mass is 9.84. The Kier molecular flexibility index (Phi) is 4.27. The van der Waals surface area contributed by atoms with Crippen LogP contribution in [0.3, 0.4) is 0 Å². The summed E-state index contributed by atoms with van der Waals surface area (Å²) >= 11 is 0. The van der Waals surface area contributed by atoms with Crippen LogP contribution in [0.1, 0.15) is 36.6 Å². The molecule has 2 N–H and O–H groups in total. The van der Waals surface area contributed by atoms with E-state index in [4.69, 9.17) is 19.9 Å². The van der Waals surface area contributed by atoms with E-state index in [0.29, 0.717) is 35.3 Å². The van der Waals surface area contributed by atoms with E-state index in [9.17, 15) is 10.1 Å². The smallest absolute Gasteiger partial charge is 0.258 e. The molecule has 1 aromatic heterocycles. The minimum Gasteiger partial charge on any atom is -0.454 e. The minimum atomic E-state index is -0.630. The number of hydrogen-bond donors (Lipinski definition) is 1. The molecule has 3 heterocycles. The van der Waals surface area contributed by atoms with Crippen LogP contribution < -0.4 is 25.5 Å². The van der Waals surface area contributed by atoms with Crippen molar-refractivity contribution in [3.63, 3.8) is 0 Å². The van der Waals surface area contributed by atoms with Crippen LogP contribution >= 0.6 is 0 Å². The first kappa shape index (κ1) is 18.0. The lowest BCUT2D eigenvalue weighted by Gasteiger charge is -2.27. The lowest BCUT2D eigenvalue weighted by molar-refractivity contribution is 0.174. The van der Waals surface area contributed by atoms with Gasteiger partial charge in [-0.3, -0.25) is 4.79 Å². The van der Waals surface area contributed by atoms with Crippen molar-refractivity contribution in [2.45, 2.75) is 33.2 Å². The summed E-state index contributed by atoms with van der Waals surface area (Å²) in [5.41, 5.74) is 8.00.